The van der Waals surface area contributed by atoms with E-state index in [2.05, 4.69) is 22.7 Å². The van der Waals surface area contributed by atoms with Crippen LogP contribution in [0.5, 0.6) is 0 Å². The minimum Gasteiger partial charge on any atom is -0.352 e. The molecule has 3 heteroatoms. The fourth-order valence-corrected chi connectivity index (χ4v) is 1.40. The van der Waals surface area contributed by atoms with Crippen molar-refractivity contribution >= 4 is 0 Å². The fraction of sp³-hybridized carbons (Fsp3) is 0.182. The molecule has 0 spiro atoms. The Bertz CT molecular complexity index is 332. The quantitative estimate of drug-likeness (QED) is 0.719. The smallest absolute Gasteiger partial charge is 0.0939 e. The summed E-state index contributed by atoms with van der Waals surface area (Å²) in [7, 11) is 0. The molecule has 1 aromatic heterocycles. The molecule has 0 saturated carbocycles. The second-order valence-corrected chi connectivity index (χ2v) is 3.20. The average Bonchev–Trinajstić information content (AvgIpc) is 2.67. The highest BCUT2D eigenvalue weighted by molar-refractivity contribution is 5.05. The Morgan fingerprint density at radius 1 is 1.43 bits per heavy atom. The third-order valence-corrected chi connectivity index (χ3v) is 2.14. The molecule has 0 saturated heterocycles. The number of pyridine rings is 1. The van der Waals surface area contributed by atoms with Gasteiger partial charge in [-0.15, -0.1) is 0 Å². The highest BCUT2D eigenvalue weighted by Crippen LogP contribution is 2.09. The summed E-state index contributed by atoms with van der Waals surface area (Å²) in [6, 6.07) is 5.97. The number of aromatic nitrogens is 1. The van der Waals surface area contributed by atoms with Crippen molar-refractivity contribution in [3.63, 3.8) is 0 Å². The average molecular weight is 187 g/mol. The largest absolute Gasteiger partial charge is 0.352 e. The van der Waals surface area contributed by atoms with E-state index >= 15 is 0 Å². The van der Waals surface area contributed by atoms with Gasteiger partial charge in [0.2, 0.25) is 0 Å². The Balaban J connectivity index is 1.95. The summed E-state index contributed by atoms with van der Waals surface area (Å²) >= 11 is 0. The monoisotopic (exact) mass is 187 g/mol. The van der Waals surface area contributed by atoms with Crippen molar-refractivity contribution in [3.05, 3.63) is 55.3 Å². The molecule has 14 heavy (non-hydrogen) atoms. The third-order valence-electron chi connectivity index (χ3n) is 2.14. The molecule has 0 aliphatic carbocycles. The van der Waals surface area contributed by atoms with Gasteiger partial charge in [0, 0.05) is 18.6 Å². The van der Waals surface area contributed by atoms with Crippen LogP contribution < -0.4 is 0 Å². The van der Waals surface area contributed by atoms with E-state index in [0.717, 1.165) is 18.9 Å². The van der Waals surface area contributed by atoms with Gasteiger partial charge in [0.25, 0.3) is 0 Å². The van der Waals surface area contributed by atoms with Crippen molar-refractivity contribution < 1.29 is 0 Å². The number of rotatable bonds is 3. The van der Waals surface area contributed by atoms with Crippen LogP contribution in [0, 0.1) is 0 Å². The predicted octanol–water partition coefficient (Wildman–Crippen LogP) is 1.77. The van der Waals surface area contributed by atoms with Crippen molar-refractivity contribution in [2.75, 3.05) is 6.67 Å². The molecule has 72 valence electrons. The molecule has 1 aromatic rings. The first kappa shape index (κ1) is 8.81. The molecule has 0 fully saturated rings. The lowest BCUT2D eigenvalue weighted by Gasteiger charge is -2.17. The Labute approximate surface area is 84.0 Å². The van der Waals surface area contributed by atoms with Crippen LogP contribution in [0.4, 0.5) is 0 Å². The fourth-order valence-electron chi connectivity index (χ4n) is 1.40. The minimum atomic E-state index is 0.849. The zero-order chi connectivity index (χ0) is 9.80. The third kappa shape index (κ3) is 1.93. The van der Waals surface area contributed by atoms with Crippen LogP contribution in [-0.2, 0) is 6.54 Å². The van der Waals surface area contributed by atoms with Gasteiger partial charge in [-0.3, -0.25) is 4.98 Å². The van der Waals surface area contributed by atoms with Gasteiger partial charge in [-0.2, -0.15) is 0 Å². The molecule has 2 rings (SSSR count). The standard InChI is InChI=1S/C11H13N3/c1-2-13-7-8-14(10-13)9-11-5-3-4-6-12-11/h2-8H,1,9-10H2. The van der Waals surface area contributed by atoms with Crippen LogP contribution in [0.25, 0.3) is 0 Å². The van der Waals surface area contributed by atoms with Gasteiger partial charge < -0.3 is 9.80 Å². The molecule has 0 N–H and O–H groups in total. The highest BCUT2D eigenvalue weighted by atomic mass is 15.3. The molecular formula is C11H13N3. The van der Waals surface area contributed by atoms with Crippen LogP contribution in [-0.4, -0.2) is 21.5 Å². The van der Waals surface area contributed by atoms with Gasteiger partial charge in [0.15, 0.2) is 0 Å². The summed E-state index contributed by atoms with van der Waals surface area (Å²) in [5.74, 6) is 0. The molecule has 0 amide bonds. The Kier molecular flexibility index (Phi) is 2.49. The maximum atomic E-state index is 4.27. The highest BCUT2D eigenvalue weighted by Gasteiger charge is 2.09. The molecule has 0 radical (unpaired) electrons. The molecule has 0 aromatic carbocycles. The molecule has 3 nitrogen and oxygen atoms in total. The van der Waals surface area contributed by atoms with Gasteiger partial charge in [-0.1, -0.05) is 12.6 Å². The summed E-state index contributed by atoms with van der Waals surface area (Å²) in [5, 5.41) is 0. The molecule has 0 unspecified atom stereocenters. The summed E-state index contributed by atoms with van der Waals surface area (Å²) in [6.07, 6.45) is 7.70. The summed E-state index contributed by atoms with van der Waals surface area (Å²) in [6.45, 7) is 5.43. The predicted molar refractivity (Wildman–Crippen MR) is 55.8 cm³/mol. The van der Waals surface area contributed by atoms with Gasteiger partial charge in [-0.25, -0.2) is 0 Å². The first-order valence-corrected chi connectivity index (χ1v) is 4.59. The van der Waals surface area contributed by atoms with E-state index in [4.69, 9.17) is 0 Å². The van der Waals surface area contributed by atoms with Crippen LogP contribution in [0.2, 0.25) is 0 Å². The Morgan fingerprint density at radius 3 is 3.00 bits per heavy atom. The second-order valence-electron chi connectivity index (χ2n) is 3.20. The minimum absolute atomic E-state index is 0.849. The van der Waals surface area contributed by atoms with Gasteiger partial charge >= 0.3 is 0 Å². The lowest BCUT2D eigenvalue weighted by Crippen LogP contribution is -2.21. The van der Waals surface area contributed by atoms with Crippen molar-refractivity contribution in [2.24, 2.45) is 0 Å². The zero-order valence-corrected chi connectivity index (χ0v) is 8.00. The summed E-state index contributed by atoms with van der Waals surface area (Å²) in [5.41, 5.74) is 1.09. The van der Waals surface area contributed by atoms with Crippen LogP contribution in [0.15, 0.2) is 49.6 Å². The van der Waals surface area contributed by atoms with Gasteiger partial charge in [0.1, 0.15) is 0 Å². The summed E-state index contributed by atoms with van der Waals surface area (Å²) in [4.78, 5) is 8.49. The van der Waals surface area contributed by atoms with E-state index in [-0.39, 0.29) is 0 Å². The van der Waals surface area contributed by atoms with E-state index < -0.39 is 0 Å². The lowest BCUT2D eigenvalue weighted by molar-refractivity contribution is 0.306. The Hall–Kier alpha value is -1.77. The van der Waals surface area contributed by atoms with Crippen LogP contribution >= 0.6 is 0 Å². The number of hydrogen-bond acceptors (Lipinski definition) is 3. The number of nitrogens with zero attached hydrogens (tertiary/aromatic N) is 3. The SMILES string of the molecule is C=CN1C=CN(Cc2ccccn2)C1. The first-order chi connectivity index (χ1) is 6.88. The van der Waals surface area contributed by atoms with E-state index in [9.17, 15) is 0 Å². The van der Waals surface area contributed by atoms with E-state index in [1.807, 2.05) is 41.7 Å². The topological polar surface area (TPSA) is 19.4 Å². The molecule has 0 atom stereocenters. The first-order valence-electron chi connectivity index (χ1n) is 4.59. The molecule has 2 heterocycles. The molecule has 0 bridgehead atoms. The second kappa shape index (κ2) is 3.96. The Morgan fingerprint density at radius 2 is 2.36 bits per heavy atom. The number of hydrogen-bond donors (Lipinski definition) is 0. The van der Waals surface area contributed by atoms with Crippen molar-refractivity contribution in [1.29, 1.82) is 0 Å². The molecule has 1 aliphatic heterocycles. The van der Waals surface area contributed by atoms with Crippen molar-refractivity contribution in [1.82, 2.24) is 14.8 Å². The molecular weight excluding hydrogens is 174 g/mol. The van der Waals surface area contributed by atoms with Gasteiger partial charge in [0.05, 0.1) is 18.9 Å². The van der Waals surface area contributed by atoms with Crippen LogP contribution in [0.3, 0.4) is 0 Å². The maximum Gasteiger partial charge on any atom is 0.0939 e. The normalized spacial score (nSPS) is 14.9. The maximum absolute atomic E-state index is 4.27. The zero-order valence-electron chi connectivity index (χ0n) is 8.00. The van der Waals surface area contributed by atoms with E-state index in [1.165, 1.54) is 0 Å². The van der Waals surface area contributed by atoms with E-state index in [1.54, 1.807) is 0 Å². The van der Waals surface area contributed by atoms with Crippen LogP contribution in [0.1, 0.15) is 5.69 Å². The molecule has 1 aliphatic rings. The summed E-state index contributed by atoms with van der Waals surface area (Å²) < 4.78 is 0. The van der Waals surface area contributed by atoms with Crippen molar-refractivity contribution in [2.45, 2.75) is 6.54 Å². The van der Waals surface area contributed by atoms with Gasteiger partial charge in [-0.05, 0) is 18.3 Å². The van der Waals surface area contributed by atoms with Crippen molar-refractivity contribution in [3.8, 4) is 0 Å². The lowest BCUT2D eigenvalue weighted by atomic mass is 10.3. The van der Waals surface area contributed by atoms with E-state index in [0.29, 0.717) is 0 Å².